The van der Waals surface area contributed by atoms with E-state index in [1.807, 2.05) is 68.4 Å². The largest absolute Gasteiger partial charge is 0.371 e. The van der Waals surface area contributed by atoms with E-state index in [1.54, 1.807) is 0 Å². The van der Waals surface area contributed by atoms with Crippen molar-refractivity contribution in [3.8, 4) is 0 Å². The van der Waals surface area contributed by atoms with E-state index in [2.05, 4.69) is 18.7 Å². The van der Waals surface area contributed by atoms with Gasteiger partial charge in [0.2, 0.25) is 0 Å². The zero-order valence-corrected chi connectivity index (χ0v) is 15.8. The van der Waals surface area contributed by atoms with Gasteiger partial charge in [0, 0.05) is 42.7 Å². The predicted octanol–water partition coefficient (Wildman–Crippen LogP) is 5.14. The molecule has 0 unspecified atom stereocenters. The van der Waals surface area contributed by atoms with Gasteiger partial charge in [-0.05, 0) is 26.0 Å². The molecule has 0 aromatic heterocycles. The molecule has 2 aromatic rings. The summed E-state index contributed by atoms with van der Waals surface area (Å²) in [6.45, 7) is 9.77. The van der Waals surface area contributed by atoms with Crippen molar-refractivity contribution in [2.24, 2.45) is 0 Å². The third kappa shape index (κ3) is 6.18. The van der Waals surface area contributed by atoms with Gasteiger partial charge >= 0.3 is 0 Å². The quantitative estimate of drug-likeness (QED) is 0.656. The standard InChI is InChI=1S/C17H19NO.C5H10O/c1-3-18(4-2)16-13-9-8-12-15(16)17(19)14-10-6-5-7-11-14;1-3-5(6)4-2/h5-13H,3-4H2,1-2H3;3-4H2,1-2H3. The number of rotatable bonds is 7. The first kappa shape index (κ1) is 20.6. The van der Waals surface area contributed by atoms with E-state index in [4.69, 9.17) is 0 Å². The summed E-state index contributed by atoms with van der Waals surface area (Å²) in [7, 11) is 0. The molecular formula is C22H29NO2. The van der Waals surface area contributed by atoms with Crippen LogP contribution in [0.1, 0.15) is 56.5 Å². The first-order valence-electron chi connectivity index (χ1n) is 9.04. The molecule has 134 valence electrons. The van der Waals surface area contributed by atoms with E-state index in [0.717, 1.165) is 29.9 Å². The van der Waals surface area contributed by atoms with Gasteiger partial charge in [0.25, 0.3) is 0 Å². The summed E-state index contributed by atoms with van der Waals surface area (Å²) >= 11 is 0. The Morgan fingerprint density at radius 2 is 1.28 bits per heavy atom. The van der Waals surface area contributed by atoms with Crippen LogP contribution in [-0.2, 0) is 4.79 Å². The number of Topliss-reactive ketones (excluding diaryl/α,β-unsaturated/α-hetero) is 1. The van der Waals surface area contributed by atoms with Crippen LogP contribution in [0.3, 0.4) is 0 Å². The maximum atomic E-state index is 12.6. The lowest BCUT2D eigenvalue weighted by molar-refractivity contribution is -0.118. The highest BCUT2D eigenvalue weighted by Crippen LogP contribution is 2.23. The zero-order valence-electron chi connectivity index (χ0n) is 15.8. The van der Waals surface area contributed by atoms with Crippen LogP contribution in [0.4, 0.5) is 5.69 Å². The normalized spacial score (nSPS) is 9.76. The minimum absolute atomic E-state index is 0.0862. The van der Waals surface area contributed by atoms with Gasteiger partial charge in [0.15, 0.2) is 5.78 Å². The van der Waals surface area contributed by atoms with Crippen LogP contribution >= 0.6 is 0 Å². The average molecular weight is 339 g/mol. The second-order valence-corrected chi connectivity index (χ2v) is 5.63. The summed E-state index contributed by atoms with van der Waals surface area (Å²) in [5.74, 6) is 0.429. The number of carbonyl (C=O) groups excluding carboxylic acids is 2. The van der Waals surface area contributed by atoms with Crippen LogP contribution < -0.4 is 4.90 Å². The molecule has 0 radical (unpaired) electrons. The van der Waals surface area contributed by atoms with Crippen LogP contribution in [0.25, 0.3) is 0 Å². The van der Waals surface area contributed by atoms with Crippen molar-refractivity contribution in [1.82, 2.24) is 0 Å². The number of hydrogen-bond donors (Lipinski definition) is 0. The molecule has 2 aromatic carbocycles. The van der Waals surface area contributed by atoms with Gasteiger partial charge in [-0.25, -0.2) is 0 Å². The maximum Gasteiger partial charge on any atom is 0.195 e. The summed E-state index contributed by atoms with van der Waals surface area (Å²) < 4.78 is 0. The Balaban J connectivity index is 0.000000450. The molecule has 3 heteroatoms. The van der Waals surface area contributed by atoms with Crippen LogP contribution in [0.2, 0.25) is 0 Å². The lowest BCUT2D eigenvalue weighted by Gasteiger charge is -2.23. The first-order chi connectivity index (χ1) is 12.1. The molecule has 0 atom stereocenters. The molecule has 0 spiro atoms. The number of carbonyl (C=O) groups is 2. The molecule has 0 N–H and O–H groups in total. The van der Waals surface area contributed by atoms with Gasteiger partial charge in [-0.2, -0.15) is 0 Å². The minimum atomic E-state index is 0.0862. The van der Waals surface area contributed by atoms with E-state index >= 15 is 0 Å². The summed E-state index contributed by atoms with van der Waals surface area (Å²) in [6, 6.07) is 17.3. The van der Waals surface area contributed by atoms with Crippen molar-refractivity contribution < 1.29 is 9.59 Å². The fourth-order valence-electron chi connectivity index (χ4n) is 2.50. The smallest absolute Gasteiger partial charge is 0.195 e. The fourth-order valence-corrected chi connectivity index (χ4v) is 2.50. The molecule has 0 saturated heterocycles. The summed E-state index contributed by atoms with van der Waals surface area (Å²) in [6.07, 6.45) is 1.38. The Kier molecular flexibility index (Phi) is 9.23. The molecule has 0 heterocycles. The van der Waals surface area contributed by atoms with Crippen molar-refractivity contribution in [2.75, 3.05) is 18.0 Å². The topological polar surface area (TPSA) is 37.4 Å². The van der Waals surface area contributed by atoms with Gasteiger partial charge in [0.1, 0.15) is 5.78 Å². The number of anilines is 1. The first-order valence-corrected chi connectivity index (χ1v) is 9.04. The maximum absolute atomic E-state index is 12.6. The molecule has 0 aliphatic carbocycles. The number of ketones is 2. The van der Waals surface area contributed by atoms with Crippen molar-refractivity contribution in [2.45, 2.75) is 40.5 Å². The predicted molar refractivity (Wildman–Crippen MR) is 105 cm³/mol. The highest BCUT2D eigenvalue weighted by atomic mass is 16.1. The highest BCUT2D eigenvalue weighted by molar-refractivity contribution is 6.12. The number of nitrogens with zero attached hydrogens (tertiary/aromatic N) is 1. The molecule has 0 aliphatic rings. The molecule has 3 nitrogen and oxygen atoms in total. The van der Waals surface area contributed by atoms with Gasteiger partial charge in [0.05, 0.1) is 0 Å². The molecule has 0 amide bonds. The van der Waals surface area contributed by atoms with Gasteiger partial charge in [-0.1, -0.05) is 56.3 Å². The Morgan fingerprint density at radius 3 is 1.76 bits per heavy atom. The van der Waals surface area contributed by atoms with Crippen LogP contribution in [0, 0.1) is 0 Å². The zero-order chi connectivity index (χ0) is 18.7. The average Bonchev–Trinajstić information content (AvgIpc) is 2.69. The third-order valence-corrected chi connectivity index (χ3v) is 4.08. The SMILES string of the molecule is CCC(=O)CC.CCN(CC)c1ccccc1C(=O)c1ccccc1. The highest BCUT2D eigenvalue weighted by Gasteiger charge is 2.15. The molecule has 0 fully saturated rings. The van der Waals surface area contributed by atoms with Crippen molar-refractivity contribution in [1.29, 1.82) is 0 Å². The number of hydrogen-bond acceptors (Lipinski definition) is 3. The second kappa shape index (κ2) is 11.2. The lowest BCUT2D eigenvalue weighted by atomic mass is 10.0. The second-order valence-electron chi connectivity index (χ2n) is 5.63. The Labute approximate surface area is 151 Å². The van der Waals surface area contributed by atoms with Crippen molar-refractivity contribution >= 4 is 17.3 Å². The number of benzene rings is 2. The fraction of sp³-hybridized carbons (Fsp3) is 0.364. The van der Waals surface area contributed by atoms with E-state index in [0.29, 0.717) is 18.6 Å². The Morgan fingerprint density at radius 1 is 0.760 bits per heavy atom. The van der Waals surface area contributed by atoms with Crippen molar-refractivity contribution in [3.05, 3.63) is 65.7 Å². The molecule has 0 aliphatic heterocycles. The Hall–Kier alpha value is -2.42. The van der Waals surface area contributed by atoms with Crippen LogP contribution in [-0.4, -0.2) is 24.7 Å². The van der Waals surface area contributed by atoms with E-state index in [-0.39, 0.29) is 5.78 Å². The Bertz CT molecular complexity index is 655. The minimum Gasteiger partial charge on any atom is -0.371 e. The third-order valence-electron chi connectivity index (χ3n) is 4.08. The van der Waals surface area contributed by atoms with Crippen LogP contribution in [0.15, 0.2) is 54.6 Å². The van der Waals surface area contributed by atoms with E-state index in [1.165, 1.54) is 0 Å². The number of para-hydroxylation sites is 1. The molecule has 25 heavy (non-hydrogen) atoms. The van der Waals surface area contributed by atoms with E-state index < -0.39 is 0 Å². The molecular weight excluding hydrogens is 310 g/mol. The van der Waals surface area contributed by atoms with Crippen LogP contribution in [0.5, 0.6) is 0 Å². The monoisotopic (exact) mass is 339 g/mol. The molecule has 2 rings (SSSR count). The molecule has 0 bridgehead atoms. The summed E-state index contributed by atoms with van der Waals surface area (Å²) in [4.78, 5) is 25.0. The molecule has 0 saturated carbocycles. The van der Waals surface area contributed by atoms with Gasteiger partial charge in [-0.15, -0.1) is 0 Å². The van der Waals surface area contributed by atoms with E-state index in [9.17, 15) is 9.59 Å². The summed E-state index contributed by atoms with van der Waals surface area (Å²) in [5.41, 5.74) is 2.53. The summed E-state index contributed by atoms with van der Waals surface area (Å²) in [5, 5.41) is 0. The lowest BCUT2D eigenvalue weighted by Crippen LogP contribution is -2.24. The van der Waals surface area contributed by atoms with Crippen molar-refractivity contribution in [3.63, 3.8) is 0 Å². The van der Waals surface area contributed by atoms with Gasteiger partial charge in [-0.3, -0.25) is 9.59 Å². The van der Waals surface area contributed by atoms with Gasteiger partial charge < -0.3 is 4.90 Å².